The molecule has 102 valence electrons. The second kappa shape index (κ2) is 5.60. The summed E-state index contributed by atoms with van der Waals surface area (Å²) in [5.74, 6) is -0.304. The van der Waals surface area contributed by atoms with Gasteiger partial charge in [0.15, 0.2) is 0 Å². The van der Waals surface area contributed by atoms with Crippen LogP contribution in [0.3, 0.4) is 0 Å². The number of amides is 2. The molecule has 1 unspecified atom stereocenters. The second-order valence-corrected chi connectivity index (χ2v) is 4.26. The van der Waals surface area contributed by atoms with E-state index in [0.29, 0.717) is 24.6 Å². The average molecular weight is 264 g/mol. The lowest BCUT2D eigenvalue weighted by Gasteiger charge is -2.18. The first-order chi connectivity index (χ1) is 9.11. The van der Waals surface area contributed by atoms with Crippen molar-refractivity contribution in [2.24, 2.45) is 0 Å². The number of ether oxygens (including phenoxy) is 1. The van der Waals surface area contributed by atoms with Gasteiger partial charge >= 0.3 is 12.0 Å². The number of urea groups is 1. The number of rotatable bonds is 5. The topological polar surface area (TPSA) is 78.9 Å². The Balaban J connectivity index is 2.18. The van der Waals surface area contributed by atoms with Crippen molar-refractivity contribution in [2.45, 2.75) is 19.4 Å². The quantitative estimate of drug-likeness (QED) is 0.843. The molecule has 0 saturated carbocycles. The molecule has 0 spiro atoms. The molecule has 6 nitrogen and oxygen atoms in total. The van der Waals surface area contributed by atoms with E-state index in [1.54, 1.807) is 12.1 Å². The van der Waals surface area contributed by atoms with Crippen molar-refractivity contribution in [3.8, 4) is 5.75 Å². The fourth-order valence-electron chi connectivity index (χ4n) is 2.09. The number of benzene rings is 1. The zero-order valence-corrected chi connectivity index (χ0v) is 10.6. The second-order valence-electron chi connectivity index (χ2n) is 4.26. The number of carbonyl (C=O) groups excluding carboxylic acids is 1. The highest BCUT2D eigenvalue weighted by atomic mass is 16.5. The molecular weight excluding hydrogens is 248 g/mol. The molecule has 1 heterocycles. The highest BCUT2D eigenvalue weighted by Gasteiger charge is 2.32. The van der Waals surface area contributed by atoms with Crippen LogP contribution in [0.5, 0.6) is 5.75 Å². The summed E-state index contributed by atoms with van der Waals surface area (Å²) in [6.45, 7) is 2.70. The van der Waals surface area contributed by atoms with Crippen LogP contribution in [0, 0.1) is 0 Å². The maximum absolute atomic E-state index is 11.9. The Bertz CT molecular complexity index is 489. The largest absolute Gasteiger partial charge is 0.492 e. The van der Waals surface area contributed by atoms with Crippen LogP contribution in [0.4, 0.5) is 10.5 Å². The summed E-state index contributed by atoms with van der Waals surface area (Å²) in [6, 6.07) is 6.55. The Morgan fingerprint density at radius 3 is 2.95 bits per heavy atom. The van der Waals surface area contributed by atoms with Gasteiger partial charge in [-0.15, -0.1) is 0 Å². The zero-order valence-electron chi connectivity index (χ0n) is 10.6. The molecule has 1 saturated heterocycles. The highest BCUT2D eigenvalue weighted by Crippen LogP contribution is 2.30. The van der Waals surface area contributed by atoms with Gasteiger partial charge in [0.2, 0.25) is 0 Å². The van der Waals surface area contributed by atoms with Gasteiger partial charge in [-0.1, -0.05) is 12.1 Å². The van der Waals surface area contributed by atoms with Gasteiger partial charge in [0, 0.05) is 6.54 Å². The van der Waals surface area contributed by atoms with Gasteiger partial charge < -0.3 is 15.2 Å². The standard InChI is InChI=1S/C13H16N2O4/c1-2-19-11-6-4-3-5-10(11)15-8-9(7-12(16)17)14-13(15)18/h3-6,9H,2,7-8H2,1H3,(H,14,18)(H,16,17). The van der Waals surface area contributed by atoms with Crippen LogP contribution in [0.25, 0.3) is 0 Å². The SMILES string of the molecule is CCOc1ccccc1N1CC(CC(=O)O)NC1=O. The van der Waals surface area contributed by atoms with Gasteiger partial charge in [-0.25, -0.2) is 4.79 Å². The molecule has 1 aromatic rings. The Morgan fingerprint density at radius 2 is 2.26 bits per heavy atom. The van der Waals surface area contributed by atoms with Crippen LogP contribution in [0.15, 0.2) is 24.3 Å². The average Bonchev–Trinajstić information content (AvgIpc) is 2.70. The monoisotopic (exact) mass is 264 g/mol. The first-order valence-electron chi connectivity index (χ1n) is 6.13. The molecule has 2 amide bonds. The summed E-state index contributed by atoms with van der Waals surface area (Å²) in [5.41, 5.74) is 0.662. The predicted octanol–water partition coefficient (Wildman–Crippen LogP) is 1.46. The fraction of sp³-hybridized carbons (Fsp3) is 0.385. The number of aliphatic carboxylic acids is 1. The number of para-hydroxylation sites is 2. The number of anilines is 1. The molecule has 2 rings (SSSR count). The molecule has 1 fully saturated rings. The third-order valence-electron chi connectivity index (χ3n) is 2.85. The van der Waals surface area contributed by atoms with Crippen molar-refractivity contribution >= 4 is 17.7 Å². The molecule has 0 radical (unpaired) electrons. The van der Waals surface area contributed by atoms with Crippen molar-refractivity contribution in [1.82, 2.24) is 5.32 Å². The normalized spacial score (nSPS) is 18.3. The van der Waals surface area contributed by atoms with E-state index < -0.39 is 5.97 Å². The van der Waals surface area contributed by atoms with Crippen molar-refractivity contribution < 1.29 is 19.4 Å². The number of hydrogen-bond donors (Lipinski definition) is 2. The molecule has 2 N–H and O–H groups in total. The summed E-state index contributed by atoms with van der Waals surface area (Å²) >= 11 is 0. The number of nitrogens with one attached hydrogen (secondary N) is 1. The van der Waals surface area contributed by atoms with Crippen LogP contribution < -0.4 is 15.0 Å². The van der Waals surface area contributed by atoms with Gasteiger partial charge in [-0.3, -0.25) is 9.69 Å². The maximum Gasteiger partial charge on any atom is 0.322 e. The number of carboxylic acids is 1. The Hall–Kier alpha value is -2.24. The van der Waals surface area contributed by atoms with Crippen LogP contribution in [0.1, 0.15) is 13.3 Å². The lowest BCUT2D eigenvalue weighted by Crippen LogP contribution is -2.29. The number of carboxylic acid groups (broad SMARTS) is 1. The minimum atomic E-state index is -0.926. The van der Waals surface area contributed by atoms with Crippen LogP contribution in [0.2, 0.25) is 0 Å². The first-order valence-corrected chi connectivity index (χ1v) is 6.13. The Morgan fingerprint density at radius 1 is 1.53 bits per heavy atom. The third-order valence-corrected chi connectivity index (χ3v) is 2.85. The summed E-state index contributed by atoms with van der Waals surface area (Å²) in [4.78, 5) is 24.1. The predicted molar refractivity (Wildman–Crippen MR) is 69.5 cm³/mol. The minimum absolute atomic E-state index is 0.0843. The fourth-order valence-corrected chi connectivity index (χ4v) is 2.09. The van der Waals surface area contributed by atoms with Crippen LogP contribution in [-0.2, 0) is 4.79 Å². The highest BCUT2D eigenvalue weighted by molar-refractivity contribution is 5.96. The van der Waals surface area contributed by atoms with Gasteiger partial charge in [0.05, 0.1) is 24.8 Å². The molecule has 1 atom stereocenters. The molecule has 0 bridgehead atoms. The first kappa shape index (κ1) is 13.2. The lowest BCUT2D eigenvalue weighted by atomic mass is 10.2. The van der Waals surface area contributed by atoms with Crippen molar-refractivity contribution in [3.05, 3.63) is 24.3 Å². The van der Waals surface area contributed by atoms with Crippen molar-refractivity contribution in [2.75, 3.05) is 18.1 Å². The van der Waals surface area contributed by atoms with E-state index in [2.05, 4.69) is 5.32 Å². The Kier molecular flexibility index (Phi) is 3.89. The van der Waals surface area contributed by atoms with E-state index in [4.69, 9.17) is 9.84 Å². The zero-order chi connectivity index (χ0) is 13.8. The maximum atomic E-state index is 11.9. The molecule has 6 heteroatoms. The summed E-state index contributed by atoms with van der Waals surface area (Å²) in [7, 11) is 0. The number of nitrogens with zero attached hydrogens (tertiary/aromatic N) is 1. The summed E-state index contributed by atoms with van der Waals surface area (Å²) in [5, 5.41) is 11.4. The lowest BCUT2D eigenvalue weighted by molar-refractivity contribution is -0.137. The van der Waals surface area contributed by atoms with Crippen molar-refractivity contribution in [1.29, 1.82) is 0 Å². The smallest absolute Gasteiger partial charge is 0.322 e. The van der Waals surface area contributed by atoms with Crippen molar-refractivity contribution in [3.63, 3.8) is 0 Å². The molecule has 0 aromatic heterocycles. The van der Waals surface area contributed by atoms with E-state index in [9.17, 15) is 9.59 Å². The van der Waals surface area contributed by atoms with E-state index in [1.165, 1.54) is 4.90 Å². The van der Waals surface area contributed by atoms with Crippen LogP contribution >= 0.6 is 0 Å². The van der Waals surface area contributed by atoms with E-state index in [1.807, 2.05) is 19.1 Å². The van der Waals surface area contributed by atoms with Gasteiger partial charge in [0.1, 0.15) is 5.75 Å². The molecule has 0 aliphatic carbocycles. The summed E-state index contributed by atoms with van der Waals surface area (Å²) < 4.78 is 5.48. The van der Waals surface area contributed by atoms with E-state index in [-0.39, 0.29) is 18.5 Å². The molecule has 1 aliphatic rings. The number of hydrogen-bond acceptors (Lipinski definition) is 3. The molecule has 1 aliphatic heterocycles. The van der Waals surface area contributed by atoms with E-state index >= 15 is 0 Å². The van der Waals surface area contributed by atoms with Gasteiger partial charge in [-0.05, 0) is 19.1 Å². The number of carbonyl (C=O) groups is 2. The molecule has 19 heavy (non-hydrogen) atoms. The Labute approximate surface area is 111 Å². The minimum Gasteiger partial charge on any atom is -0.492 e. The van der Waals surface area contributed by atoms with Crippen LogP contribution in [-0.4, -0.2) is 36.3 Å². The van der Waals surface area contributed by atoms with Gasteiger partial charge in [0.25, 0.3) is 0 Å². The molecule has 1 aromatic carbocycles. The van der Waals surface area contributed by atoms with E-state index in [0.717, 1.165) is 0 Å². The molecular formula is C13H16N2O4. The third kappa shape index (κ3) is 2.96. The van der Waals surface area contributed by atoms with Gasteiger partial charge in [-0.2, -0.15) is 0 Å². The summed E-state index contributed by atoms with van der Waals surface area (Å²) in [6.07, 6.45) is -0.0843.